The van der Waals surface area contributed by atoms with Gasteiger partial charge in [0.05, 0.1) is 12.3 Å². The second-order valence-corrected chi connectivity index (χ2v) is 8.77. The number of fused-ring (bicyclic) bond motifs is 5. The van der Waals surface area contributed by atoms with Gasteiger partial charge in [-0.2, -0.15) is 0 Å². The normalized spacial score (nSPS) is 19.7. The lowest BCUT2D eigenvalue weighted by Gasteiger charge is -2.23. The number of halogens is 2. The number of amides is 2. The zero-order valence-electron chi connectivity index (χ0n) is 17.4. The third kappa shape index (κ3) is 2.92. The van der Waals surface area contributed by atoms with Crippen molar-refractivity contribution in [2.75, 3.05) is 30.0 Å². The van der Waals surface area contributed by atoms with Gasteiger partial charge in [0.15, 0.2) is 0 Å². The molecule has 3 aliphatic rings. The van der Waals surface area contributed by atoms with Crippen molar-refractivity contribution < 1.29 is 23.5 Å². The van der Waals surface area contributed by atoms with Crippen molar-refractivity contribution in [3.8, 4) is 11.5 Å². The molecule has 1 atom stereocenters. The maximum Gasteiger partial charge on any atom is 0.246 e. The molecular formula is C25H18ClFN2O4. The Kier molecular flexibility index (Phi) is 4.39. The van der Waals surface area contributed by atoms with E-state index in [1.54, 1.807) is 24.3 Å². The van der Waals surface area contributed by atoms with Gasteiger partial charge in [-0.05, 0) is 42.0 Å². The minimum absolute atomic E-state index is 0.0605. The summed E-state index contributed by atoms with van der Waals surface area (Å²) < 4.78 is 25.6. The third-order valence-electron chi connectivity index (χ3n) is 6.46. The highest BCUT2D eigenvalue weighted by Crippen LogP contribution is 2.54. The van der Waals surface area contributed by atoms with Crippen LogP contribution in [0.25, 0.3) is 0 Å². The van der Waals surface area contributed by atoms with Crippen molar-refractivity contribution in [1.82, 2.24) is 0 Å². The van der Waals surface area contributed by atoms with E-state index in [1.807, 2.05) is 12.1 Å². The molecule has 0 saturated heterocycles. The number of nitrogens with one attached hydrogen (secondary N) is 1. The minimum Gasteiger partial charge on any atom is -0.493 e. The van der Waals surface area contributed by atoms with Crippen LogP contribution in [0.5, 0.6) is 11.5 Å². The summed E-state index contributed by atoms with van der Waals surface area (Å²) in [5.41, 5.74) is 2.00. The van der Waals surface area contributed by atoms with Crippen molar-refractivity contribution in [3.63, 3.8) is 0 Å². The maximum absolute atomic E-state index is 14.0. The molecule has 0 aliphatic carbocycles. The molecule has 0 bridgehead atoms. The van der Waals surface area contributed by atoms with E-state index in [1.165, 1.54) is 23.1 Å². The summed E-state index contributed by atoms with van der Waals surface area (Å²) in [5, 5.41) is 3.03. The van der Waals surface area contributed by atoms with Gasteiger partial charge in [0.2, 0.25) is 11.8 Å². The van der Waals surface area contributed by atoms with Crippen LogP contribution >= 0.6 is 11.6 Å². The molecule has 0 radical (unpaired) electrons. The number of para-hydroxylation sites is 1. The Morgan fingerprint density at radius 1 is 1.09 bits per heavy atom. The van der Waals surface area contributed by atoms with Gasteiger partial charge in [0.1, 0.15) is 35.9 Å². The first-order valence-electron chi connectivity index (χ1n) is 10.6. The number of nitrogens with zero attached hydrogens (tertiary/aromatic N) is 1. The number of carbonyl (C=O) groups is 2. The first kappa shape index (κ1) is 20.1. The number of rotatable bonds is 3. The van der Waals surface area contributed by atoms with Crippen molar-refractivity contribution in [3.05, 3.63) is 82.1 Å². The predicted octanol–water partition coefficient (Wildman–Crippen LogP) is 4.08. The smallest absolute Gasteiger partial charge is 0.246 e. The fourth-order valence-corrected chi connectivity index (χ4v) is 5.09. The van der Waals surface area contributed by atoms with Gasteiger partial charge in [-0.3, -0.25) is 9.59 Å². The highest BCUT2D eigenvalue weighted by Gasteiger charge is 2.57. The van der Waals surface area contributed by atoms with E-state index < -0.39 is 17.1 Å². The molecule has 8 heteroatoms. The molecule has 0 saturated carbocycles. The summed E-state index contributed by atoms with van der Waals surface area (Å²) >= 11 is 6.32. The standard InChI is InChI=1S/C25H18ClFN2O4/c26-15-5-6-20-16(10-15)25(13-33-22-11-21-14(7-8-32-21)9-17(22)25)24(31)29(20)12-23(30)28-19-4-2-1-3-18(19)27/h1-6,9-11H,7-8,12-13H2,(H,28,30). The zero-order valence-corrected chi connectivity index (χ0v) is 18.1. The van der Waals surface area contributed by atoms with Crippen LogP contribution in [-0.2, 0) is 21.4 Å². The van der Waals surface area contributed by atoms with Crippen LogP contribution < -0.4 is 19.7 Å². The number of anilines is 2. The molecule has 1 unspecified atom stereocenters. The van der Waals surface area contributed by atoms with Crippen LogP contribution in [0, 0.1) is 5.82 Å². The molecule has 6 nitrogen and oxygen atoms in total. The molecular weight excluding hydrogens is 447 g/mol. The number of benzene rings is 3. The largest absolute Gasteiger partial charge is 0.493 e. The molecule has 6 rings (SSSR count). The fourth-order valence-electron chi connectivity index (χ4n) is 4.92. The van der Waals surface area contributed by atoms with E-state index >= 15 is 0 Å². The fraction of sp³-hybridized carbons (Fsp3) is 0.200. The number of hydrogen-bond donors (Lipinski definition) is 1. The van der Waals surface area contributed by atoms with Gasteiger partial charge in [0.25, 0.3) is 0 Å². The van der Waals surface area contributed by atoms with Crippen LogP contribution in [0.1, 0.15) is 16.7 Å². The van der Waals surface area contributed by atoms with Crippen LogP contribution in [0.3, 0.4) is 0 Å². The Balaban J connectivity index is 1.40. The van der Waals surface area contributed by atoms with Crippen LogP contribution in [0.2, 0.25) is 5.02 Å². The second-order valence-electron chi connectivity index (χ2n) is 8.33. The van der Waals surface area contributed by atoms with E-state index in [9.17, 15) is 14.0 Å². The van der Waals surface area contributed by atoms with Gasteiger partial charge < -0.3 is 19.7 Å². The Labute approximate surface area is 193 Å². The van der Waals surface area contributed by atoms with Crippen molar-refractivity contribution in [1.29, 1.82) is 0 Å². The third-order valence-corrected chi connectivity index (χ3v) is 6.70. The monoisotopic (exact) mass is 464 g/mol. The summed E-state index contributed by atoms with van der Waals surface area (Å²) in [7, 11) is 0. The number of ether oxygens (including phenoxy) is 2. The van der Waals surface area contributed by atoms with Gasteiger partial charge in [-0.15, -0.1) is 0 Å². The Bertz CT molecular complexity index is 1340. The molecule has 2 amide bonds. The first-order chi connectivity index (χ1) is 16.0. The quantitative estimate of drug-likeness (QED) is 0.634. The van der Waals surface area contributed by atoms with Gasteiger partial charge in [-0.25, -0.2) is 4.39 Å². The van der Waals surface area contributed by atoms with Crippen LogP contribution in [0.15, 0.2) is 54.6 Å². The summed E-state index contributed by atoms with van der Waals surface area (Å²) in [4.78, 5) is 28.2. The zero-order chi connectivity index (χ0) is 22.7. The number of hydrogen-bond acceptors (Lipinski definition) is 4. The van der Waals surface area contributed by atoms with Crippen molar-refractivity contribution in [2.45, 2.75) is 11.8 Å². The van der Waals surface area contributed by atoms with Crippen LogP contribution in [-0.4, -0.2) is 31.6 Å². The summed E-state index contributed by atoms with van der Waals surface area (Å²) in [6.07, 6.45) is 0.754. The predicted molar refractivity (Wildman–Crippen MR) is 121 cm³/mol. The van der Waals surface area contributed by atoms with Crippen molar-refractivity contribution in [2.24, 2.45) is 0 Å². The molecule has 3 aromatic rings. The van der Waals surface area contributed by atoms with E-state index in [2.05, 4.69) is 5.32 Å². The summed E-state index contributed by atoms with van der Waals surface area (Å²) in [5.74, 6) is 0.0293. The molecule has 3 heterocycles. The van der Waals surface area contributed by atoms with E-state index in [4.69, 9.17) is 21.1 Å². The lowest BCUT2D eigenvalue weighted by atomic mass is 9.76. The molecule has 0 aromatic heterocycles. The minimum atomic E-state index is -1.11. The lowest BCUT2D eigenvalue weighted by molar-refractivity contribution is -0.124. The first-order valence-corrected chi connectivity index (χ1v) is 10.9. The molecule has 0 fully saturated rings. The Morgan fingerprint density at radius 3 is 2.79 bits per heavy atom. The average molecular weight is 465 g/mol. The molecule has 1 N–H and O–H groups in total. The average Bonchev–Trinajstić information content (AvgIpc) is 3.47. The molecule has 1 spiro atoms. The Hall–Kier alpha value is -3.58. The van der Waals surface area contributed by atoms with Gasteiger partial charge >= 0.3 is 0 Å². The van der Waals surface area contributed by atoms with E-state index in [0.717, 1.165) is 23.3 Å². The number of carbonyl (C=O) groups excluding carboxylic acids is 2. The maximum atomic E-state index is 14.0. The molecule has 3 aromatic carbocycles. The van der Waals surface area contributed by atoms with Gasteiger partial charge in [0, 0.05) is 34.3 Å². The van der Waals surface area contributed by atoms with E-state index in [-0.39, 0.29) is 24.7 Å². The lowest BCUT2D eigenvalue weighted by Crippen LogP contribution is -2.45. The highest BCUT2D eigenvalue weighted by molar-refractivity contribution is 6.31. The van der Waals surface area contributed by atoms with E-state index in [0.29, 0.717) is 28.6 Å². The van der Waals surface area contributed by atoms with Crippen molar-refractivity contribution >= 4 is 34.8 Å². The SMILES string of the molecule is O=C(CN1C(=O)C2(COc3cc4c(cc32)CCO4)c2cc(Cl)ccc21)Nc1ccccc1F. The van der Waals surface area contributed by atoms with Gasteiger partial charge in [-0.1, -0.05) is 23.7 Å². The summed E-state index contributed by atoms with van der Waals surface area (Å²) in [6.45, 7) is 0.416. The molecule has 166 valence electrons. The summed E-state index contributed by atoms with van der Waals surface area (Å²) in [6, 6.07) is 14.9. The van der Waals surface area contributed by atoms with Crippen LogP contribution in [0.4, 0.5) is 15.8 Å². The second kappa shape index (κ2) is 7.22. The molecule has 33 heavy (non-hydrogen) atoms. The Morgan fingerprint density at radius 2 is 1.94 bits per heavy atom. The highest BCUT2D eigenvalue weighted by atomic mass is 35.5. The molecule has 3 aliphatic heterocycles. The topological polar surface area (TPSA) is 67.9 Å².